The van der Waals surface area contributed by atoms with Gasteiger partial charge in [0.2, 0.25) is 0 Å². The molecule has 0 bridgehead atoms. The predicted octanol–water partition coefficient (Wildman–Crippen LogP) is 4.48. The van der Waals surface area contributed by atoms with Crippen molar-refractivity contribution in [2.75, 3.05) is 32.8 Å². The van der Waals surface area contributed by atoms with Gasteiger partial charge in [0.25, 0.3) is 0 Å². The minimum Gasteiger partial charge on any atom is -0.296 e. The Morgan fingerprint density at radius 3 is 2.38 bits per heavy atom. The lowest BCUT2D eigenvalue weighted by molar-refractivity contribution is -0.230. The van der Waals surface area contributed by atoms with Crippen LogP contribution in [0.5, 0.6) is 0 Å². The molecule has 168 valence electrons. The van der Waals surface area contributed by atoms with Gasteiger partial charge in [-0.3, -0.25) is 19.3 Å². The fourth-order valence-electron chi connectivity index (χ4n) is 4.04. The number of halogens is 2. The van der Waals surface area contributed by atoms with Gasteiger partial charge in [-0.1, -0.05) is 41.4 Å². The van der Waals surface area contributed by atoms with Crippen LogP contribution in [0.4, 0.5) is 0 Å². The lowest BCUT2D eigenvalue weighted by Crippen LogP contribution is -2.51. The van der Waals surface area contributed by atoms with E-state index in [1.807, 2.05) is 30.3 Å². The fraction of sp³-hybridized carbons (Fsp3) is 0.333. The predicted molar refractivity (Wildman–Crippen MR) is 125 cm³/mol. The second kappa shape index (κ2) is 9.73. The van der Waals surface area contributed by atoms with Gasteiger partial charge in [-0.25, -0.2) is 0 Å². The smallest absolute Gasteiger partial charge is 0.160 e. The second-order valence-corrected chi connectivity index (χ2v) is 8.88. The normalized spacial score (nSPS) is 17.8. The van der Waals surface area contributed by atoms with Crippen LogP contribution < -0.4 is 0 Å². The largest absolute Gasteiger partial charge is 0.296 e. The summed E-state index contributed by atoms with van der Waals surface area (Å²) in [6.07, 6.45) is 0. The van der Waals surface area contributed by atoms with E-state index >= 15 is 0 Å². The number of hydrogen-bond acceptors (Lipinski definition) is 6. The molecule has 0 aromatic heterocycles. The number of ketones is 2. The SMILES string of the molecule is CC(=O)C1=C(c2ccc(Cl)cc2Cl)N(N2CCN(Cc3cccc(C(C)=O)c3)CC2)OC1. The van der Waals surface area contributed by atoms with Gasteiger partial charge in [-0.2, -0.15) is 10.2 Å². The Hall–Kier alpha value is -2.22. The average Bonchev–Trinajstić information content (AvgIpc) is 3.19. The molecule has 0 radical (unpaired) electrons. The highest BCUT2D eigenvalue weighted by Crippen LogP contribution is 2.36. The Morgan fingerprint density at radius 2 is 1.72 bits per heavy atom. The molecule has 0 spiro atoms. The van der Waals surface area contributed by atoms with Crippen molar-refractivity contribution >= 4 is 40.5 Å². The van der Waals surface area contributed by atoms with Crippen molar-refractivity contribution in [3.05, 3.63) is 74.8 Å². The van der Waals surface area contributed by atoms with Crippen LogP contribution in [0.1, 0.15) is 35.3 Å². The quantitative estimate of drug-likeness (QED) is 0.576. The number of nitrogens with zero attached hydrogens (tertiary/aromatic N) is 3. The number of rotatable bonds is 6. The first-order valence-corrected chi connectivity index (χ1v) is 11.3. The van der Waals surface area contributed by atoms with Gasteiger partial charge in [-0.15, -0.1) is 0 Å². The molecule has 2 aliphatic heterocycles. The molecular weight excluding hydrogens is 449 g/mol. The molecule has 2 heterocycles. The third-order valence-electron chi connectivity index (χ3n) is 5.76. The molecule has 2 aromatic rings. The van der Waals surface area contributed by atoms with Crippen molar-refractivity contribution in [1.29, 1.82) is 0 Å². The summed E-state index contributed by atoms with van der Waals surface area (Å²) in [5, 5.41) is 4.83. The average molecular weight is 474 g/mol. The highest BCUT2D eigenvalue weighted by Gasteiger charge is 2.34. The van der Waals surface area contributed by atoms with E-state index in [4.69, 9.17) is 28.0 Å². The molecule has 32 heavy (non-hydrogen) atoms. The maximum Gasteiger partial charge on any atom is 0.160 e. The lowest BCUT2D eigenvalue weighted by Gasteiger charge is -2.40. The first-order chi connectivity index (χ1) is 15.3. The third kappa shape index (κ3) is 4.90. The maximum absolute atomic E-state index is 12.3. The second-order valence-electron chi connectivity index (χ2n) is 8.04. The van der Waals surface area contributed by atoms with Crippen molar-refractivity contribution in [3.63, 3.8) is 0 Å². The Bertz CT molecular complexity index is 1080. The van der Waals surface area contributed by atoms with Gasteiger partial charge in [0.05, 0.1) is 10.6 Å². The minimum atomic E-state index is -0.0440. The molecule has 8 heteroatoms. The summed E-state index contributed by atoms with van der Waals surface area (Å²) in [6.45, 7) is 7.21. The molecule has 1 saturated heterocycles. The van der Waals surface area contributed by atoms with Gasteiger partial charge in [0.15, 0.2) is 11.6 Å². The highest BCUT2D eigenvalue weighted by atomic mass is 35.5. The molecule has 0 N–H and O–H groups in total. The van der Waals surface area contributed by atoms with E-state index in [0.29, 0.717) is 21.3 Å². The number of hydrazine groups is 1. The van der Waals surface area contributed by atoms with Gasteiger partial charge in [-0.05, 0) is 43.7 Å². The zero-order valence-corrected chi connectivity index (χ0v) is 19.6. The van der Waals surface area contributed by atoms with E-state index < -0.39 is 0 Å². The van der Waals surface area contributed by atoms with Crippen LogP contribution >= 0.6 is 23.2 Å². The highest BCUT2D eigenvalue weighted by molar-refractivity contribution is 6.35. The summed E-state index contributed by atoms with van der Waals surface area (Å²) in [4.78, 5) is 32.2. The maximum atomic E-state index is 12.3. The summed E-state index contributed by atoms with van der Waals surface area (Å²) in [5.41, 5.74) is 3.86. The first kappa shape index (κ1) is 23.0. The Labute approximate surface area is 197 Å². The Kier molecular flexibility index (Phi) is 6.98. The summed E-state index contributed by atoms with van der Waals surface area (Å²) < 4.78 is 0. The standard InChI is InChI=1S/C24H25Cl2N3O3/c1-16(30)19-5-3-4-18(12-19)14-27-8-10-28(11-9-27)29-24(22(15-32-29)17(2)31)21-7-6-20(25)13-23(21)26/h3-7,12-13H,8-11,14-15H2,1-2H3. The summed E-state index contributed by atoms with van der Waals surface area (Å²) in [6, 6.07) is 13.0. The van der Waals surface area contributed by atoms with Crippen LogP contribution in [-0.2, 0) is 16.2 Å². The van der Waals surface area contributed by atoms with Crippen molar-refractivity contribution in [2.24, 2.45) is 0 Å². The molecule has 0 atom stereocenters. The fourth-order valence-corrected chi connectivity index (χ4v) is 4.53. The van der Waals surface area contributed by atoms with E-state index in [0.717, 1.165) is 49.4 Å². The molecule has 1 fully saturated rings. The zero-order chi connectivity index (χ0) is 22.8. The summed E-state index contributed by atoms with van der Waals surface area (Å²) >= 11 is 12.5. The molecule has 2 aromatic carbocycles. The third-order valence-corrected chi connectivity index (χ3v) is 6.31. The number of benzene rings is 2. The molecular formula is C24H25Cl2N3O3. The number of hydrogen-bond donors (Lipinski definition) is 0. The minimum absolute atomic E-state index is 0.0440. The Balaban J connectivity index is 1.48. The van der Waals surface area contributed by atoms with Crippen LogP contribution in [0.15, 0.2) is 48.0 Å². The van der Waals surface area contributed by atoms with Crippen LogP contribution in [0.25, 0.3) is 5.70 Å². The van der Waals surface area contributed by atoms with Crippen LogP contribution in [-0.4, -0.2) is 59.4 Å². The molecule has 4 rings (SSSR count). The molecule has 0 unspecified atom stereocenters. The molecule has 2 aliphatic rings. The summed E-state index contributed by atoms with van der Waals surface area (Å²) in [7, 11) is 0. The Morgan fingerprint density at radius 1 is 0.969 bits per heavy atom. The number of carbonyl (C=O) groups is 2. The monoisotopic (exact) mass is 473 g/mol. The number of hydroxylamine groups is 1. The van der Waals surface area contributed by atoms with Crippen molar-refractivity contribution in [3.8, 4) is 0 Å². The zero-order valence-electron chi connectivity index (χ0n) is 18.1. The van der Waals surface area contributed by atoms with Gasteiger partial charge >= 0.3 is 0 Å². The van der Waals surface area contributed by atoms with Crippen molar-refractivity contribution in [1.82, 2.24) is 15.1 Å². The van der Waals surface area contributed by atoms with E-state index in [1.54, 1.807) is 31.2 Å². The van der Waals surface area contributed by atoms with Gasteiger partial charge in [0, 0.05) is 48.9 Å². The first-order valence-electron chi connectivity index (χ1n) is 10.5. The molecule has 0 amide bonds. The van der Waals surface area contributed by atoms with Crippen LogP contribution in [0, 0.1) is 0 Å². The van der Waals surface area contributed by atoms with Crippen LogP contribution in [0.2, 0.25) is 10.0 Å². The van der Waals surface area contributed by atoms with Crippen molar-refractivity contribution in [2.45, 2.75) is 20.4 Å². The van der Waals surface area contributed by atoms with E-state index in [2.05, 4.69) is 9.91 Å². The number of piperazine rings is 1. The van der Waals surface area contributed by atoms with Gasteiger partial charge < -0.3 is 0 Å². The lowest BCUT2D eigenvalue weighted by atomic mass is 10.0. The number of Topliss-reactive ketones (excluding diaryl/α,β-unsaturated/α-hetero) is 2. The molecule has 6 nitrogen and oxygen atoms in total. The van der Waals surface area contributed by atoms with E-state index in [-0.39, 0.29) is 18.2 Å². The van der Waals surface area contributed by atoms with E-state index in [1.165, 1.54) is 0 Å². The van der Waals surface area contributed by atoms with Crippen LogP contribution in [0.3, 0.4) is 0 Å². The summed E-state index contributed by atoms with van der Waals surface area (Å²) in [5.74, 6) is 0.0295. The van der Waals surface area contributed by atoms with Crippen molar-refractivity contribution < 1.29 is 14.4 Å². The number of carbonyl (C=O) groups excluding carboxylic acids is 2. The molecule has 0 saturated carbocycles. The van der Waals surface area contributed by atoms with Gasteiger partial charge in [0.1, 0.15) is 12.3 Å². The van der Waals surface area contributed by atoms with E-state index in [9.17, 15) is 9.59 Å². The molecule has 0 aliphatic carbocycles. The topological polar surface area (TPSA) is 53.1 Å².